The molecule has 5 nitrogen and oxygen atoms in total. The lowest BCUT2D eigenvalue weighted by atomic mass is 9.73. The van der Waals surface area contributed by atoms with Gasteiger partial charge < -0.3 is 15.0 Å². The Morgan fingerprint density at radius 2 is 2.09 bits per heavy atom. The van der Waals surface area contributed by atoms with E-state index in [0.29, 0.717) is 6.42 Å². The van der Waals surface area contributed by atoms with Crippen molar-refractivity contribution >= 4 is 29.2 Å². The first-order valence-electron chi connectivity index (χ1n) is 7.73. The van der Waals surface area contributed by atoms with Crippen molar-refractivity contribution in [3.8, 4) is 0 Å². The Kier molecular flexibility index (Phi) is 4.00. The average molecular weight is 337 g/mol. The number of anilines is 1. The molecule has 1 aromatic carbocycles. The predicted molar refractivity (Wildman–Crippen MR) is 88.7 cm³/mol. The molecular weight excluding hydrogens is 316 g/mol. The number of hydrogen-bond donors (Lipinski definition) is 1. The van der Waals surface area contributed by atoms with Crippen molar-refractivity contribution in [2.75, 3.05) is 18.3 Å². The van der Waals surface area contributed by atoms with Crippen molar-refractivity contribution in [3.63, 3.8) is 0 Å². The Hall–Kier alpha value is -1.75. The number of carbonyl (C=O) groups is 2. The SMILES string of the molecule is COC(=O)C1CC2c3ccccc3NC2C(C)(C)N1C(=O)CCl. The molecule has 3 rings (SSSR count). The van der Waals surface area contributed by atoms with Gasteiger partial charge >= 0.3 is 5.97 Å². The monoisotopic (exact) mass is 336 g/mol. The molecule has 1 N–H and O–H groups in total. The number of methoxy groups -OCH3 is 1. The van der Waals surface area contributed by atoms with Crippen LogP contribution in [0.5, 0.6) is 0 Å². The molecule has 0 saturated carbocycles. The van der Waals surface area contributed by atoms with Gasteiger partial charge in [0.2, 0.25) is 5.91 Å². The molecule has 0 aliphatic carbocycles. The fraction of sp³-hybridized carbons (Fsp3) is 0.529. The molecule has 2 heterocycles. The molecule has 3 atom stereocenters. The number of esters is 1. The van der Waals surface area contributed by atoms with Crippen molar-refractivity contribution in [3.05, 3.63) is 29.8 Å². The summed E-state index contributed by atoms with van der Waals surface area (Å²) in [6.07, 6.45) is 0.535. The predicted octanol–water partition coefficient (Wildman–Crippen LogP) is 2.36. The summed E-state index contributed by atoms with van der Waals surface area (Å²) in [5.74, 6) is -0.631. The van der Waals surface area contributed by atoms with Crippen LogP contribution in [0.3, 0.4) is 0 Å². The van der Waals surface area contributed by atoms with Gasteiger partial charge in [-0.15, -0.1) is 11.6 Å². The van der Waals surface area contributed by atoms with Gasteiger partial charge in [-0.25, -0.2) is 4.79 Å². The van der Waals surface area contributed by atoms with Crippen LogP contribution in [-0.2, 0) is 14.3 Å². The summed E-state index contributed by atoms with van der Waals surface area (Å²) in [5, 5.41) is 3.52. The number of likely N-dealkylation sites (tertiary alicyclic amines) is 1. The number of hydrogen-bond acceptors (Lipinski definition) is 4. The highest BCUT2D eigenvalue weighted by atomic mass is 35.5. The van der Waals surface area contributed by atoms with Crippen LogP contribution in [0.25, 0.3) is 0 Å². The maximum atomic E-state index is 12.4. The number of benzene rings is 1. The fourth-order valence-corrected chi connectivity index (χ4v) is 4.25. The number of amides is 1. The number of nitrogens with one attached hydrogen (secondary N) is 1. The van der Waals surface area contributed by atoms with E-state index in [0.717, 1.165) is 5.69 Å². The summed E-state index contributed by atoms with van der Waals surface area (Å²) in [5.41, 5.74) is 1.70. The molecule has 23 heavy (non-hydrogen) atoms. The van der Waals surface area contributed by atoms with Crippen molar-refractivity contribution in [2.45, 2.75) is 43.8 Å². The van der Waals surface area contributed by atoms with E-state index >= 15 is 0 Å². The van der Waals surface area contributed by atoms with Crippen molar-refractivity contribution in [1.82, 2.24) is 4.90 Å². The molecule has 1 aromatic rings. The molecule has 0 radical (unpaired) electrons. The summed E-state index contributed by atoms with van der Waals surface area (Å²) in [6, 6.07) is 7.51. The lowest BCUT2D eigenvalue weighted by molar-refractivity contribution is -0.161. The Labute approximate surface area is 140 Å². The minimum absolute atomic E-state index is 0.0352. The van der Waals surface area contributed by atoms with Crippen LogP contribution in [0, 0.1) is 0 Å². The number of carbonyl (C=O) groups excluding carboxylic acids is 2. The molecule has 1 amide bonds. The molecule has 6 heteroatoms. The Morgan fingerprint density at radius 1 is 1.39 bits per heavy atom. The third-order valence-electron chi connectivity index (χ3n) is 5.10. The molecule has 2 aliphatic heterocycles. The second-order valence-corrected chi connectivity index (χ2v) is 6.91. The zero-order valence-electron chi connectivity index (χ0n) is 13.5. The van der Waals surface area contributed by atoms with Crippen LogP contribution in [-0.4, -0.2) is 47.4 Å². The highest BCUT2D eigenvalue weighted by molar-refractivity contribution is 6.27. The number of ether oxygens (including phenoxy) is 1. The Balaban J connectivity index is 2.05. The van der Waals surface area contributed by atoms with Gasteiger partial charge in [-0.05, 0) is 31.9 Å². The normalized spacial score (nSPS) is 27.7. The fourth-order valence-electron chi connectivity index (χ4n) is 4.13. The van der Waals surface area contributed by atoms with Crippen LogP contribution < -0.4 is 5.32 Å². The average Bonchev–Trinajstić information content (AvgIpc) is 2.93. The van der Waals surface area contributed by atoms with Gasteiger partial charge in [-0.2, -0.15) is 0 Å². The van der Waals surface area contributed by atoms with E-state index < -0.39 is 11.6 Å². The van der Waals surface area contributed by atoms with Gasteiger partial charge in [0, 0.05) is 11.6 Å². The molecule has 1 saturated heterocycles. The second kappa shape index (κ2) is 5.71. The smallest absolute Gasteiger partial charge is 0.328 e. The first kappa shape index (κ1) is 16.1. The van der Waals surface area contributed by atoms with Gasteiger partial charge in [0.05, 0.1) is 18.7 Å². The number of alkyl halides is 1. The van der Waals surface area contributed by atoms with E-state index in [1.54, 1.807) is 4.90 Å². The summed E-state index contributed by atoms with van der Waals surface area (Å²) in [4.78, 5) is 26.3. The van der Waals surface area contributed by atoms with Crippen molar-refractivity contribution in [2.24, 2.45) is 0 Å². The van der Waals surface area contributed by atoms with E-state index in [1.165, 1.54) is 12.7 Å². The largest absolute Gasteiger partial charge is 0.467 e. The topological polar surface area (TPSA) is 58.6 Å². The summed E-state index contributed by atoms with van der Waals surface area (Å²) in [7, 11) is 1.35. The minimum Gasteiger partial charge on any atom is -0.467 e. The van der Waals surface area contributed by atoms with E-state index in [2.05, 4.69) is 11.4 Å². The number of piperidine rings is 1. The molecule has 0 bridgehead atoms. The maximum Gasteiger partial charge on any atom is 0.328 e. The van der Waals surface area contributed by atoms with Gasteiger partial charge in [0.15, 0.2) is 0 Å². The second-order valence-electron chi connectivity index (χ2n) is 6.64. The van der Waals surface area contributed by atoms with E-state index in [4.69, 9.17) is 16.3 Å². The quantitative estimate of drug-likeness (QED) is 0.665. The third kappa shape index (κ3) is 2.38. The Bertz CT molecular complexity index is 646. The number of nitrogens with zero attached hydrogens (tertiary/aromatic N) is 1. The number of halogens is 1. The van der Waals surface area contributed by atoms with Crippen LogP contribution in [0.2, 0.25) is 0 Å². The standard InChI is InChI=1S/C17H21ClN2O3/c1-17(2)15-11(10-6-4-5-7-12(10)19-15)8-13(16(22)23-3)20(17)14(21)9-18/h4-7,11,13,15,19H,8-9H2,1-3H3. The maximum absolute atomic E-state index is 12.4. The highest BCUT2D eigenvalue weighted by Crippen LogP contribution is 2.49. The number of fused-ring (bicyclic) bond motifs is 3. The Morgan fingerprint density at radius 3 is 2.74 bits per heavy atom. The van der Waals surface area contributed by atoms with Gasteiger partial charge in [0.25, 0.3) is 0 Å². The van der Waals surface area contributed by atoms with Crippen LogP contribution in [0.4, 0.5) is 5.69 Å². The van der Waals surface area contributed by atoms with E-state index in [1.807, 2.05) is 32.0 Å². The zero-order chi connectivity index (χ0) is 16.8. The zero-order valence-corrected chi connectivity index (χ0v) is 14.3. The lowest BCUT2D eigenvalue weighted by Crippen LogP contribution is -2.67. The molecule has 0 spiro atoms. The molecule has 0 aromatic heterocycles. The highest BCUT2D eigenvalue weighted by Gasteiger charge is 2.55. The van der Waals surface area contributed by atoms with Crippen molar-refractivity contribution in [1.29, 1.82) is 0 Å². The minimum atomic E-state index is -0.615. The van der Waals surface area contributed by atoms with Crippen LogP contribution >= 0.6 is 11.6 Å². The number of rotatable bonds is 2. The lowest BCUT2D eigenvalue weighted by Gasteiger charge is -2.52. The van der Waals surface area contributed by atoms with Gasteiger partial charge in [-0.3, -0.25) is 4.79 Å². The first-order valence-corrected chi connectivity index (χ1v) is 8.26. The third-order valence-corrected chi connectivity index (χ3v) is 5.33. The number of para-hydroxylation sites is 1. The molecule has 124 valence electrons. The van der Waals surface area contributed by atoms with Gasteiger partial charge in [0.1, 0.15) is 11.9 Å². The van der Waals surface area contributed by atoms with Crippen LogP contribution in [0.15, 0.2) is 24.3 Å². The molecule has 3 unspecified atom stereocenters. The van der Waals surface area contributed by atoms with E-state index in [9.17, 15) is 9.59 Å². The molecule has 2 aliphatic rings. The summed E-state index contributed by atoms with van der Waals surface area (Å²) < 4.78 is 4.95. The van der Waals surface area contributed by atoms with Crippen LogP contribution in [0.1, 0.15) is 31.7 Å². The van der Waals surface area contributed by atoms with E-state index in [-0.39, 0.29) is 29.7 Å². The summed E-state index contributed by atoms with van der Waals surface area (Å²) in [6.45, 7) is 3.95. The van der Waals surface area contributed by atoms with Gasteiger partial charge in [-0.1, -0.05) is 18.2 Å². The summed E-state index contributed by atoms with van der Waals surface area (Å²) >= 11 is 5.79. The molecule has 1 fully saturated rings. The first-order chi connectivity index (χ1) is 10.9. The van der Waals surface area contributed by atoms with Crippen molar-refractivity contribution < 1.29 is 14.3 Å². The molecular formula is C17H21ClN2O3.